The molecule has 2 aliphatic heterocycles. The second-order valence-corrected chi connectivity index (χ2v) is 8.67. The highest BCUT2D eigenvalue weighted by atomic mass is 16.5. The highest BCUT2D eigenvalue weighted by Crippen LogP contribution is 2.33. The van der Waals surface area contributed by atoms with Crippen molar-refractivity contribution < 1.29 is 28.6 Å². The third kappa shape index (κ3) is 5.34. The number of nitrogens with zero attached hydrogens (tertiary/aromatic N) is 2. The zero-order valence-electron chi connectivity index (χ0n) is 20.3. The van der Waals surface area contributed by atoms with Gasteiger partial charge in [0.2, 0.25) is 5.91 Å². The number of methoxy groups -OCH3 is 3. The molecule has 0 saturated carbocycles. The van der Waals surface area contributed by atoms with E-state index in [2.05, 4.69) is 5.32 Å². The zero-order chi connectivity index (χ0) is 24.9. The Bertz CT molecular complexity index is 1100. The van der Waals surface area contributed by atoms with Gasteiger partial charge in [-0.1, -0.05) is 12.1 Å². The summed E-state index contributed by atoms with van der Waals surface area (Å²) in [4.78, 5) is 41.1. The van der Waals surface area contributed by atoms with Crippen molar-refractivity contribution in [2.75, 3.05) is 34.4 Å². The van der Waals surface area contributed by atoms with Gasteiger partial charge in [-0.25, -0.2) is 4.79 Å². The second kappa shape index (κ2) is 10.7. The van der Waals surface area contributed by atoms with Gasteiger partial charge in [0.25, 0.3) is 5.91 Å². The number of hydrogen-bond donors (Lipinski definition) is 1. The van der Waals surface area contributed by atoms with Gasteiger partial charge in [-0.05, 0) is 60.2 Å². The van der Waals surface area contributed by atoms with Crippen LogP contribution in [-0.2, 0) is 29.0 Å². The highest BCUT2D eigenvalue weighted by molar-refractivity contribution is 6.04. The summed E-state index contributed by atoms with van der Waals surface area (Å²) in [6.45, 7) is 1.36. The summed E-state index contributed by atoms with van der Waals surface area (Å²) < 4.78 is 15.9. The van der Waals surface area contributed by atoms with Crippen molar-refractivity contribution in [3.63, 3.8) is 0 Å². The van der Waals surface area contributed by atoms with Gasteiger partial charge in [0, 0.05) is 26.1 Å². The molecule has 1 unspecified atom stereocenters. The van der Waals surface area contributed by atoms with Gasteiger partial charge in [-0.2, -0.15) is 0 Å². The number of ether oxygens (including phenoxy) is 3. The number of nitrogens with one attached hydrogen (secondary N) is 1. The molecule has 35 heavy (non-hydrogen) atoms. The van der Waals surface area contributed by atoms with E-state index in [1.165, 1.54) is 4.90 Å². The first-order chi connectivity index (χ1) is 16.9. The molecule has 0 spiro atoms. The Morgan fingerprint density at radius 2 is 1.69 bits per heavy atom. The van der Waals surface area contributed by atoms with Crippen molar-refractivity contribution in [1.82, 2.24) is 15.1 Å². The molecule has 186 valence electrons. The van der Waals surface area contributed by atoms with Crippen LogP contribution in [0, 0.1) is 0 Å². The van der Waals surface area contributed by atoms with Crippen LogP contribution in [0.1, 0.15) is 29.5 Å². The zero-order valence-corrected chi connectivity index (χ0v) is 20.3. The number of urea groups is 1. The van der Waals surface area contributed by atoms with E-state index in [1.807, 2.05) is 36.4 Å². The molecule has 1 fully saturated rings. The number of fused-ring (bicyclic) bond motifs is 1. The van der Waals surface area contributed by atoms with Crippen molar-refractivity contribution in [2.45, 2.75) is 38.3 Å². The van der Waals surface area contributed by atoms with E-state index in [-0.39, 0.29) is 31.2 Å². The predicted molar refractivity (Wildman–Crippen MR) is 129 cm³/mol. The Morgan fingerprint density at radius 1 is 1.00 bits per heavy atom. The minimum absolute atomic E-state index is 0.0378. The lowest BCUT2D eigenvalue weighted by Crippen LogP contribution is -2.37. The normalized spacial score (nSPS) is 17.2. The van der Waals surface area contributed by atoms with E-state index < -0.39 is 12.1 Å². The molecule has 2 aliphatic rings. The third-order valence-electron chi connectivity index (χ3n) is 6.61. The minimum Gasteiger partial charge on any atom is -0.497 e. The van der Waals surface area contributed by atoms with Crippen LogP contribution in [0.15, 0.2) is 36.4 Å². The van der Waals surface area contributed by atoms with Crippen LogP contribution in [0.4, 0.5) is 4.79 Å². The summed E-state index contributed by atoms with van der Waals surface area (Å²) in [6.07, 6.45) is 1.74. The van der Waals surface area contributed by atoms with Crippen LogP contribution < -0.4 is 19.5 Å². The number of carbonyl (C=O) groups excluding carboxylic acids is 3. The Labute approximate surface area is 204 Å². The molecular formula is C26H31N3O6. The molecule has 2 heterocycles. The first-order valence-electron chi connectivity index (χ1n) is 11.7. The van der Waals surface area contributed by atoms with E-state index in [0.717, 1.165) is 28.9 Å². The number of benzene rings is 2. The topological polar surface area (TPSA) is 97.4 Å². The molecule has 2 aromatic carbocycles. The molecule has 9 heteroatoms. The fourth-order valence-corrected chi connectivity index (χ4v) is 4.54. The fourth-order valence-electron chi connectivity index (χ4n) is 4.54. The third-order valence-corrected chi connectivity index (χ3v) is 6.61. The Hall–Kier alpha value is -3.75. The summed E-state index contributed by atoms with van der Waals surface area (Å²) in [5, 5.41) is 2.73. The van der Waals surface area contributed by atoms with Gasteiger partial charge >= 0.3 is 6.03 Å². The van der Waals surface area contributed by atoms with Crippen molar-refractivity contribution in [1.29, 1.82) is 0 Å². The average molecular weight is 482 g/mol. The van der Waals surface area contributed by atoms with Gasteiger partial charge in [-0.3, -0.25) is 14.5 Å². The average Bonchev–Trinajstić information content (AvgIpc) is 3.16. The molecule has 0 aromatic heterocycles. The smallest absolute Gasteiger partial charge is 0.324 e. The van der Waals surface area contributed by atoms with E-state index in [1.54, 1.807) is 26.2 Å². The maximum atomic E-state index is 12.9. The number of hydrogen-bond acceptors (Lipinski definition) is 6. The van der Waals surface area contributed by atoms with Crippen molar-refractivity contribution >= 4 is 17.8 Å². The van der Waals surface area contributed by atoms with Crippen LogP contribution in [0.25, 0.3) is 0 Å². The molecule has 1 atom stereocenters. The lowest BCUT2D eigenvalue weighted by Gasteiger charge is -2.30. The van der Waals surface area contributed by atoms with Gasteiger partial charge in [-0.15, -0.1) is 0 Å². The van der Waals surface area contributed by atoms with Crippen LogP contribution in [0.2, 0.25) is 0 Å². The van der Waals surface area contributed by atoms with Gasteiger partial charge < -0.3 is 24.4 Å². The molecule has 0 aliphatic carbocycles. The van der Waals surface area contributed by atoms with Crippen molar-refractivity contribution in [2.24, 2.45) is 0 Å². The van der Waals surface area contributed by atoms with Crippen molar-refractivity contribution in [3.05, 3.63) is 53.1 Å². The van der Waals surface area contributed by atoms with Gasteiger partial charge in [0.05, 0.1) is 21.3 Å². The summed E-state index contributed by atoms with van der Waals surface area (Å²) >= 11 is 0. The van der Waals surface area contributed by atoms with Gasteiger partial charge in [0.1, 0.15) is 11.8 Å². The molecule has 1 N–H and O–H groups in total. The number of amides is 4. The summed E-state index contributed by atoms with van der Waals surface area (Å²) in [7, 11) is 4.79. The fraction of sp³-hybridized carbons (Fsp3) is 0.423. The summed E-state index contributed by atoms with van der Waals surface area (Å²) in [5.74, 6) is 1.75. The lowest BCUT2D eigenvalue weighted by molar-refractivity contribution is -0.132. The van der Waals surface area contributed by atoms with Crippen LogP contribution in [0.3, 0.4) is 0 Å². The van der Waals surface area contributed by atoms with Gasteiger partial charge in [0.15, 0.2) is 11.5 Å². The predicted octanol–water partition coefficient (Wildman–Crippen LogP) is 2.54. The second-order valence-electron chi connectivity index (χ2n) is 8.67. The van der Waals surface area contributed by atoms with E-state index in [4.69, 9.17) is 14.2 Å². The van der Waals surface area contributed by atoms with Crippen LogP contribution >= 0.6 is 0 Å². The monoisotopic (exact) mass is 481 g/mol. The molecule has 4 amide bonds. The Balaban J connectivity index is 1.29. The molecule has 0 bridgehead atoms. The number of imide groups is 1. The lowest BCUT2D eigenvalue weighted by atomic mass is 9.98. The van der Waals surface area contributed by atoms with Crippen LogP contribution in [-0.4, -0.2) is 68.1 Å². The Morgan fingerprint density at radius 3 is 2.34 bits per heavy atom. The first-order valence-corrected chi connectivity index (χ1v) is 11.7. The van der Waals surface area contributed by atoms with Crippen molar-refractivity contribution in [3.8, 4) is 17.2 Å². The SMILES string of the molecule is COc1ccc(CCN2C(=O)NC(CCC(=O)N3CCc4cc(OC)c(OC)cc4C3)C2=O)cc1. The quantitative estimate of drug-likeness (QED) is 0.553. The molecule has 9 nitrogen and oxygen atoms in total. The van der Waals surface area contributed by atoms with Crippen LogP contribution in [0.5, 0.6) is 17.2 Å². The molecule has 4 rings (SSSR count). The largest absolute Gasteiger partial charge is 0.497 e. The molecule has 0 radical (unpaired) electrons. The summed E-state index contributed by atoms with van der Waals surface area (Å²) in [6, 6.07) is 10.3. The number of rotatable bonds is 9. The summed E-state index contributed by atoms with van der Waals surface area (Å²) in [5.41, 5.74) is 3.17. The first kappa shape index (κ1) is 24.4. The van der Waals surface area contributed by atoms with E-state index >= 15 is 0 Å². The standard InChI is InChI=1S/C26H31N3O6/c1-33-20-6-4-17(5-7-20)10-13-29-25(31)21(27-26(29)32)8-9-24(30)28-12-11-18-14-22(34-2)23(35-3)15-19(18)16-28/h4-7,14-15,21H,8-13,16H2,1-3H3,(H,27,32). The Kier molecular flexibility index (Phi) is 7.43. The maximum Gasteiger partial charge on any atom is 0.324 e. The maximum absolute atomic E-state index is 12.9. The molecule has 2 aromatic rings. The van der Waals surface area contributed by atoms with E-state index in [9.17, 15) is 14.4 Å². The highest BCUT2D eigenvalue weighted by Gasteiger charge is 2.38. The number of carbonyl (C=O) groups is 3. The molecule has 1 saturated heterocycles. The minimum atomic E-state index is -0.677. The van der Waals surface area contributed by atoms with E-state index in [0.29, 0.717) is 31.0 Å². The molecular weight excluding hydrogens is 450 g/mol.